The molecule has 1 aliphatic rings. The fourth-order valence-electron chi connectivity index (χ4n) is 2.63. The van der Waals surface area contributed by atoms with E-state index in [-0.39, 0.29) is 12.1 Å². The number of esters is 1. The summed E-state index contributed by atoms with van der Waals surface area (Å²) >= 11 is 0. The average molecular weight is 309 g/mol. The van der Waals surface area contributed by atoms with Crippen molar-refractivity contribution in [1.82, 2.24) is 4.90 Å². The fourth-order valence-corrected chi connectivity index (χ4v) is 2.63. The molecule has 1 aromatic carbocycles. The minimum atomic E-state index is -0.375. The second kappa shape index (κ2) is 7.35. The Morgan fingerprint density at radius 1 is 1.14 bits per heavy atom. The minimum Gasteiger partial charge on any atom is -0.493 e. The highest BCUT2D eigenvalue weighted by molar-refractivity contribution is 5.91. The highest BCUT2D eigenvalue weighted by Crippen LogP contribution is 2.38. The molecule has 2 rings (SSSR count). The van der Waals surface area contributed by atoms with Gasteiger partial charge in [0, 0.05) is 6.54 Å². The van der Waals surface area contributed by atoms with E-state index in [9.17, 15) is 4.79 Å². The predicted molar refractivity (Wildman–Crippen MR) is 82.0 cm³/mol. The zero-order valence-electron chi connectivity index (χ0n) is 13.5. The van der Waals surface area contributed by atoms with Gasteiger partial charge in [-0.3, -0.25) is 0 Å². The number of likely N-dealkylation sites (N-methyl/N-ethyl adjacent to an activating group) is 1. The zero-order chi connectivity index (χ0) is 16.1. The molecule has 1 fully saturated rings. The van der Waals surface area contributed by atoms with Crippen LogP contribution in [0.1, 0.15) is 23.2 Å². The molecule has 0 bridgehead atoms. The SMILES string of the molecule is COc1cc(C(=O)OC2CCCN(C)C2)cc(OC)c1OC. The normalized spacial score (nSPS) is 18.6. The van der Waals surface area contributed by atoms with Crippen LogP contribution < -0.4 is 14.2 Å². The van der Waals surface area contributed by atoms with Gasteiger partial charge in [-0.1, -0.05) is 0 Å². The highest BCUT2D eigenvalue weighted by Gasteiger charge is 2.23. The number of hydrogen-bond acceptors (Lipinski definition) is 6. The Labute approximate surface area is 130 Å². The molecule has 1 unspecified atom stereocenters. The van der Waals surface area contributed by atoms with Crippen molar-refractivity contribution in [3.05, 3.63) is 17.7 Å². The molecule has 22 heavy (non-hydrogen) atoms. The van der Waals surface area contributed by atoms with Crippen LogP contribution >= 0.6 is 0 Å². The summed E-state index contributed by atoms with van der Waals surface area (Å²) in [7, 11) is 6.58. The van der Waals surface area contributed by atoms with Crippen LogP contribution in [0.2, 0.25) is 0 Å². The lowest BCUT2D eigenvalue weighted by Crippen LogP contribution is -2.38. The lowest BCUT2D eigenvalue weighted by molar-refractivity contribution is 0.0108. The Morgan fingerprint density at radius 2 is 1.77 bits per heavy atom. The molecule has 1 aromatic rings. The second-order valence-corrected chi connectivity index (χ2v) is 5.35. The van der Waals surface area contributed by atoms with Crippen LogP contribution in [0.4, 0.5) is 0 Å². The standard InChI is InChI=1S/C16H23NO5/c1-17-7-5-6-12(10-17)22-16(18)11-8-13(19-2)15(21-4)14(9-11)20-3/h8-9,12H,5-7,10H2,1-4H3. The molecule has 1 aliphatic heterocycles. The second-order valence-electron chi connectivity index (χ2n) is 5.35. The Kier molecular flexibility index (Phi) is 5.49. The first-order chi connectivity index (χ1) is 10.6. The van der Waals surface area contributed by atoms with Crippen molar-refractivity contribution < 1.29 is 23.7 Å². The van der Waals surface area contributed by atoms with Crippen LogP contribution in [0.15, 0.2) is 12.1 Å². The molecule has 0 radical (unpaired) electrons. The van der Waals surface area contributed by atoms with Gasteiger partial charge in [0.05, 0.1) is 26.9 Å². The van der Waals surface area contributed by atoms with Crippen molar-refractivity contribution in [1.29, 1.82) is 0 Å². The fraction of sp³-hybridized carbons (Fsp3) is 0.562. The van der Waals surface area contributed by atoms with E-state index in [2.05, 4.69) is 4.90 Å². The first-order valence-electron chi connectivity index (χ1n) is 7.28. The summed E-state index contributed by atoms with van der Waals surface area (Å²) in [5, 5.41) is 0. The molecular formula is C16H23NO5. The number of methoxy groups -OCH3 is 3. The Balaban J connectivity index is 2.18. The topological polar surface area (TPSA) is 57.2 Å². The molecule has 6 nitrogen and oxygen atoms in total. The molecule has 1 atom stereocenters. The van der Waals surface area contributed by atoms with E-state index in [0.717, 1.165) is 25.9 Å². The Morgan fingerprint density at radius 3 is 2.27 bits per heavy atom. The lowest BCUT2D eigenvalue weighted by Gasteiger charge is -2.29. The maximum atomic E-state index is 12.4. The number of carbonyl (C=O) groups is 1. The number of benzene rings is 1. The van der Waals surface area contributed by atoms with E-state index in [1.807, 2.05) is 7.05 Å². The summed E-state index contributed by atoms with van der Waals surface area (Å²) in [4.78, 5) is 14.5. The van der Waals surface area contributed by atoms with Crippen molar-refractivity contribution >= 4 is 5.97 Å². The van der Waals surface area contributed by atoms with Crippen molar-refractivity contribution in [3.8, 4) is 17.2 Å². The third-order valence-electron chi connectivity index (χ3n) is 3.76. The molecule has 122 valence electrons. The summed E-state index contributed by atoms with van der Waals surface area (Å²) in [5.41, 5.74) is 0.391. The number of carbonyl (C=O) groups excluding carboxylic acids is 1. The first-order valence-corrected chi connectivity index (χ1v) is 7.28. The number of ether oxygens (including phenoxy) is 4. The summed E-state index contributed by atoms with van der Waals surface area (Å²) in [5.74, 6) is 0.961. The number of rotatable bonds is 5. The number of piperidine rings is 1. The van der Waals surface area contributed by atoms with E-state index in [1.165, 1.54) is 21.3 Å². The molecule has 0 aliphatic carbocycles. The summed E-state index contributed by atoms with van der Waals surface area (Å²) < 4.78 is 21.3. The summed E-state index contributed by atoms with van der Waals surface area (Å²) in [6.45, 7) is 1.80. The van der Waals surface area contributed by atoms with Gasteiger partial charge in [-0.05, 0) is 38.6 Å². The van der Waals surface area contributed by atoms with Crippen molar-refractivity contribution in [2.24, 2.45) is 0 Å². The highest BCUT2D eigenvalue weighted by atomic mass is 16.5. The van der Waals surface area contributed by atoms with Gasteiger partial charge in [0.2, 0.25) is 5.75 Å². The van der Waals surface area contributed by atoms with Gasteiger partial charge in [0.15, 0.2) is 11.5 Å². The first kappa shape index (κ1) is 16.4. The predicted octanol–water partition coefficient (Wildman–Crippen LogP) is 1.96. The molecule has 6 heteroatoms. The molecular weight excluding hydrogens is 286 g/mol. The van der Waals surface area contributed by atoms with Crippen molar-refractivity contribution in [2.75, 3.05) is 41.5 Å². The van der Waals surface area contributed by atoms with Gasteiger partial charge in [-0.2, -0.15) is 0 Å². The van der Waals surface area contributed by atoms with Crippen LogP contribution in [0.3, 0.4) is 0 Å². The minimum absolute atomic E-state index is 0.0784. The van der Waals surface area contributed by atoms with Crippen LogP contribution in [-0.2, 0) is 4.74 Å². The van der Waals surface area contributed by atoms with Crippen LogP contribution in [0.25, 0.3) is 0 Å². The van der Waals surface area contributed by atoms with Gasteiger partial charge in [-0.25, -0.2) is 4.79 Å². The van der Waals surface area contributed by atoms with E-state index in [1.54, 1.807) is 12.1 Å². The van der Waals surface area contributed by atoms with E-state index < -0.39 is 0 Å². The van der Waals surface area contributed by atoms with E-state index in [4.69, 9.17) is 18.9 Å². The Hall–Kier alpha value is -1.95. The van der Waals surface area contributed by atoms with Gasteiger partial charge >= 0.3 is 5.97 Å². The maximum absolute atomic E-state index is 12.4. The Bertz CT molecular complexity index is 506. The third-order valence-corrected chi connectivity index (χ3v) is 3.76. The van der Waals surface area contributed by atoms with E-state index in [0.29, 0.717) is 22.8 Å². The summed E-state index contributed by atoms with van der Waals surface area (Å²) in [6, 6.07) is 3.21. The third kappa shape index (κ3) is 3.62. The maximum Gasteiger partial charge on any atom is 0.338 e. The number of hydrogen-bond donors (Lipinski definition) is 0. The number of nitrogens with zero attached hydrogens (tertiary/aromatic N) is 1. The monoisotopic (exact) mass is 309 g/mol. The lowest BCUT2D eigenvalue weighted by atomic mass is 10.1. The molecule has 0 spiro atoms. The zero-order valence-corrected chi connectivity index (χ0v) is 13.5. The van der Waals surface area contributed by atoms with Gasteiger partial charge in [0.25, 0.3) is 0 Å². The van der Waals surface area contributed by atoms with E-state index >= 15 is 0 Å². The molecule has 0 aromatic heterocycles. The average Bonchev–Trinajstić information content (AvgIpc) is 2.53. The van der Waals surface area contributed by atoms with Crippen LogP contribution in [0, 0.1) is 0 Å². The molecule has 0 saturated carbocycles. The van der Waals surface area contributed by atoms with Crippen LogP contribution in [-0.4, -0.2) is 58.4 Å². The largest absolute Gasteiger partial charge is 0.493 e. The van der Waals surface area contributed by atoms with Crippen LogP contribution in [0.5, 0.6) is 17.2 Å². The molecule has 1 heterocycles. The molecule has 0 N–H and O–H groups in total. The van der Waals surface area contributed by atoms with Crippen molar-refractivity contribution in [2.45, 2.75) is 18.9 Å². The molecule has 1 saturated heterocycles. The quantitative estimate of drug-likeness (QED) is 0.775. The smallest absolute Gasteiger partial charge is 0.338 e. The van der Waals surface area contributed by atoms with Gasteiger partial charge in [-0.15, -0.1) is 0 Å². The van der Waals surface area contributed by atoms with Gasteiger partial charge in [0.1, 0.15) is 6.10 Å². The summed E-state index contributed by atoms with van der Waals surface area (Å²) in [6.07, 6.45) is 1.84. The number of likely N-dealkylation sites (tertiary alicyclic amines) is 1. The molecule has 0 amide bonds. The van der Waals surface area contributed by atoms with Crippen molar-refractivity contribution in [3.63, 3.8) is 0 Å². The van der Waals surface area contributed by atoms with Gasteiger partial charge < -0.3 is 23.8 Å².